The van der Waals surface area contributed by atoms with E-state index in [1.165, 1.54) is 24.0 Å². The quantitative estimate of drug-likeness (QED) is 0.531. The van der Waals surface area contributed by atoms with Gasteiger partial charge in [0.2, 0.25) is 0 Å². The molecule has 0 saturated heterocycles. The molecule has 1 aliphatic carbocycles. The Morgan fingerprint density at radius 2 is 2.00 bits per heavy atom. The van der Waals surface area contributed by atoms with Crippen LogP contribution in [0.2, 0.25) is 0 Å². The Bertz CT molecular complexity index is 1010. The van der Waals surface area contributed by atoms with Crippen LogP contribution in [0.1, 0.15) is 62.7 Å². The molecule has 6 heteroatoms. The molecule has 0 bridgehead atoms. The van der Waals surface area contributed by atoms with Crippen LogP contribution in [0.5, 0.6) is 0 Å². The van der Waals surface area contributed by atoms with Gasteiger partial charge in [-0.25, -0.2) is 4.98 Å². The van der Waals surface area contributed by atoms with E-state index in [-0.39, 0.29) is 11.4 Å². The van der Waals surface area contributed by atoms with Crippen LogP contribution in [-0.2, 0) is 0 Å². The van der Waals surface area contributed by atoms with Crippen molar-refractivity contribution in [3.63, 3.8) is 0 Å². The molecular weight excluding hydrogens is 380 g/mol. The van der Waals surface area contributed by atoms with Crippen molar-refractivity contribution in [1.82, 2.24) is 10.3 Å². The second-order valence-corrected chi connectivity index (χ2v) is 9.75. The Balaban J connectivity index is 1.61. The summed E-state index contributed by atoms with van der Waals surface area (Å²) in [6, 6.07) is 8.28. The third kappa shape index (κ3) is 4.70. The molecule has 1 aliphatic rings. The first-order valence-corrected chi connectivity index (χ1v) is 11.4. The molecule has 1 saturated carbocycles. The first kappa shape index (κ1) is 20.1. The van der Waals surface area contributed by atoms with Gasteiger partial charge in [0, 0.05) is 39.2 Å². The van der Waals surface area contributed by atoms with E-state index in [1.54, 1.807) is 11.3 Å². The minimum absolute atomic E-state index is 0.00580. The summed E-state index contributed by atoms with van der Waals surface area (Å²) in [7, 11) is 0. The van der Waals surface area contributed by atoms with E-state index in [1.807, 2.05) is 32.0 Å². The third-order valence-corrected chi connectivity index (χ3v) is 6.61. The number of nitrogens with one attached hydrogen (secondary N) is 2. The summed E-state index contributed by atoms with van der Waals surface area (Å²) >= 11 is 1.71. The van der Waals surface area contributed by atoms with Crippen molar-refractivity contribution in [3.05, 3.63) is 35.2 Å². The van der Waals surface area contributed by atoms with Gasteiger partial charge in [-0.3, -0.25) is 4.79 Å². The third-order valence-electron chi connectivity index (χ3n) is 5.66. The molecule has 154 valence electrons. The van der Waals surface area contributed by atoms with Crippen LogP contribution in [-0.4, -0.2) is 29.0 Å². The molecule has 4 N–H and O–H groups in total. The summed E-state index contributed by atoms with van der Waals surface area (Å²) in [4.78, 5) is 17.6. The van der Waals surface area contributed by atoms with Crippen LogP contribution in [0.25, 0.3) is 21.0 Å². The molecule has 0 aliphatic heterocycles. The van der Waals surface area contributed by atoms with Crippen LogP contribution in [0.4, 0.5) is 5.82 Å². The maximum absolute atomic E-state index is 12.8. The van der Waals surface area contributed by atoms with Crippen molar-refractivity contribution in [2.45, 2.75) is 64.0 Å². The van der Waals surface area contributed by atoms with Crippen LogP contribution >= 0.6 is 11.3 Å². The molecular formula is C23H30N4OS. The number of rotatable bonds is 6. The number of thiophene rings is 1. The van der Waals surface area contributed by atoms with E-state index in [0.29, 0.717) is 11.6 Å². The number of amides is 1. The van der Waals surface area contributed by atoms with Gasteiger partial charge in [0.05, 0.1) is 5.52 Å². The fourth-order valence-electron chi connectivity index (χ4n) is 4.00. The molecule has 3 aromatic rings. The molecule has 0 atom stereocenters. The number of nitrogens with two attached hydrogens (primary N) is 1. The number of aromatic nitrogens is 1. The Morgan fingerprint density at radius 1 is 1.21 bits per heavy atom. The molecule has 0 radical (unpaired) electrons. The Kier molecular flexibility index (Phi) is 5.74. The van der Waals surface area contributed by atoms with Gasteiger partial charge < -0.3 is 16.4 Å². The molecule has 0 unspecified atom stereocenters. The lowest BCUT2D eigenvalue weighted by molar-refractivity contribution is 0.0928. The van der Waals surface area contributed by atoms with Crippen LogP contribution in [0.3, 0.4) is 0 Å². The average Bonchev–Trinajstić information content (AvgIpc) is 3.18. The lowest BCUT2D eigenvalue weighted by atomic mass is 9.95. The van der Waals surface area contributed by atoms with Crippen molar-refractivity contribution in [3.8, 4) is 0 Å². The van der Waals surface area contributed by atoms with Gasteiger partial charge in [0.25, 0.3) is 5.91 Å². The summed E-state index contributed by atoms with van der Waals surface area (Å²) in [6.07, 6.45) is 6.70. The highest BCUT2D eigenvalue weighted by molar-refractivity contribution is 7.18. The number of fused-ring (bicyclic) bond motifs is 3. The number of pyridine rings is 1. The normalized spacial score (nSPS) is 15.7. The fourth-order valence-corrected chi connectivity index (χ4v) is 4.93. The van der Waals surface area contributed by atoms with Crippen molar-refractivity contribution in [2.75, 3.05) is 11.9 Å². The zero-order chi connectivity index (χ0) is 20.4. The Morgan fingerprint density at radius 3 is 2.76 bits per heavy atom. The number of hydrogen-bond donors (Lipinski definition) is 3. The van der Waals surface area contributed by atoms with Gasteiger partial charge >= 0.3 is 0 Å². The fraction of sp³-hybridized carbons (Fsp3) is 0.478. The lowest BCUT2D eigenvalue weighted by Crippen LogP contribution is -2.36. The van der Waals surface area contributed by atoms with E-state index in [9.17, 15) is 4.79 Å². The van der Waals surface area contributed by atoms with Crippen molar-refractivity contribution < 1.29 is 4.79 Å². The number of benzene rings is 1. The first-order chi connectivity index (χ1) is 13.9. The number of nitrogens with zero attached hydrogens (tertiary/aromatic N) is 1. The van der Waals surface area contributed by atoms with Crippen LogP contribution in [0, 0.1) is 0 Å². The predicted molar refractivity (Wildman–Crippen MR) is 123 cm³/mol. The van der Waals surface area contributed by atoms with E-state index < -0.39 is 0 Å². The summed E-state index contributed by atoms with van der Waals surface area (Å²) in [6.45, 7) is 4.81. The summed E-state index contributed by atoms with van der Waals surface area (Å²) in [5.41, 5.74) is 7.42. The maximum atomic E-state index is 12.8. The average molecular weight is 411 g/mol. The zero-order valence-electron chi connectivity index (χ0n) is 17.3. The van der Waals surface area contributed by atoms with Crippen molar-refractivity contribution in [2.24, 2.45) is 5.73 Å². The second-order valence-electron chi connectivity index (χ2n) is 8.83. The van der Waals surface area contributed by atoms with Crippen molar-refractivity contribution in [1.29, 1.82) is 0 Å². The molecule has 2 aromatic heterocycles. The number of carbonyl (C=O) groups is 1. The molecule has 2 heterocycles. The van der Waals surface area contributed by atoms with Gasteiger partial charge in [-0.2, -0.15) is 0 Å². The Hall–Kier alpha value is -2.18. The minimum atomic E-state index is -0.220. The molecule has 29 heavy (non-hydrogen) atoms. The highest BCUT2D eigenvalue weighted by Crippen LogP contribution is 2.34. The van der Waals surface area contributed by atoms with Gasteiger partial charge in [0.15, 0.2) is 0 Å². The molecule has 0 spiro atoms. The first-order valence-electron chi connectivity index (χ1n) is 10.6. The van der Waals surface area contributed by atoms with Crippen LogP contribution < -0.4 is 16.4 Å². The lowest BCUT2D eigenvalue weighted by Gasteiger charge is -2.22. The highest BCUT2D eigenvalue weighted by Gasteiger charge is 2.18. The highest BCUT2D eigenvalue weighted by atomic mass is 32.1. The number of anilines is 1. The number of hydrogen-bond acceptors (Lipinski definition) is 5. The van der Waals surface area contributed by atoms with E-state index in [2.05, 4.69) is 22.1 Å². The maximum Gasteiger partial charge on any atom is 0.251 e. The largest absolute Gasteiger partial charge is 0.369 e. The second kappa shape index (κ2) is 8.28. The standard InChI is InChI=1S/C23H30N4OS/c1-23(2,24)11-12-25-21-18-10-13-29-20(18)17-9-8-15(14-19(17)27-21)22(28)26-16-6-4-3-5-7-16/h8-10,13-14,16H,3-7,11-12,24H2,1-2H3,(H,25,27)(H,26,28). The molecule has 4 rings (SSSR count). The predicted octanol–water partition coefficient (Wildman–Crippen LogP) is 5.05. The summed E-state index contributed by atoms with van der Waals surface area (Å²) < 4.78 is 1.20. The Labute approximate surface area is 176 Å². The monoisotopic (exact) mass is 410 g/mol. The van der Waals surface area contributed by atoms with E-state index >= 15 is 0 Å². The molecule has 1 aromatic carbocycles. The molecule has 1 amide bonds. The smallest absolute Gasteiger partial charge is 0.251 e. The van der Waals surface area contributed by atoms with Crippen LogP contribution in [0.15, 0.2) is 29.6 Å². The van der Waals surface area contributed by atoms with E-state index in [4.69, 9.17) is 10.7 Å². The zero-order valence-corrected chi connectivity index (χ0v) is 18.1. The topological polar surface area (TPSA) is 80.0 Å². The van der Waals surface area contributed by atoms with Gasteiger partial charge in [-0.15, -0.1) is 11.3 Å². The summed E-state index contributed by atoms with van der Waals surface area (Å²) in [5, 5.41) is 11.0. The molecule has 5 nitrogen and oxygen atoms in total. The SMILES string of the molecule is CC(C)(N)CCNc1nc2cc(C(=O)NC3CCCCC3)ccc2c2sccc12. The van der Waals surface area contributed by atoms with Crippen molar-refractivity contribution >= 4 is 44.1 Å². The number of carbonyl (C=O) groups excluding carboxylic acids is 1. The van der Waals surface area contributed by atoms with E-state index in [0.717, 1.165) is 47.9 Å². The molecule has 1 fully saturated rings. The van der Waals surface area contributed by atoms with Gasteiger partial charge in [-0.05, 0) is 56.7 Å². The van der Waals surface area contributed by atoms with Gasteiger partial charge in [0.1, 0.15) is 5.82 Å². The van der Waals surface area contributed by atoms with Gasteiger partial charge in [-0.1, -0.05) is 25.3 Å². The minimum Gasteiger partial charge on any atom is -0.369 e. The summed E-state index contributed by atoms with van der Waals surface area (Å²) in [5.74, 6) is 0.870.